The molecule has 0 aliphatic heterocycles. The highest BCUT2D eigenvalue weighted by Crippen LogP contribution is 2.31. The maximum Gasteiger partial charge on any atom is 0.227 e. The van der Waals surface area contributed by atoms with E-state index in [2.05, 4.69) is 15.5 Å². The van der Waals surface area contributed by atoms with Crippen LogP contribution in [0.1, 0.15) is 12.3 Å². The molecule has 9 nitrogen and oxygen atoms in total. The van der Waals surface area contributed by atoms with Crippen molar-refractivity contribution in [2.75, 3.05) is 33.8 Å². The smallest absolute Gasteiger partial charge is 0.227 e. The molecule has 0 saturated carbocycles. The van der Waals surface area contributed by atoms with Crippen LogP contribution in [0.4, 0.5) is 5.69 Å². The third kappa shape index (κ3) is 4.80. The zero-order valence-corrected chi connectivity index (χ0v) is 17.2. The van der Waals surface area contributed by atoms with Crippen LogP contribution in [-0.2, 0) is 11.2 Å². The first-order chi connectivity index (χ1) is 14.6. The van der Waals surface area contributed by atoms with Gasteiger partial charge in [-0.15, -0.1) is 0 Å². The van der Waals surface area contributed by atoms with Crippen molar-refractivity contribution in [2.24, 2.45) is 0 Å². The van der Waals surface area contributed by atoms with Crippen LogP contribution in [0.5, 0.6) is 23.0 Å². The number of nitrogens with one attached hydrogen (secondary N) is 1. The molecule has 0 saturated heterocycles. The van der Waals surface area contributed by atoms with Crippen LogP contribution in [-0.4, -0.2) is 44.5 Å². The molecule has 2 aromatic carbocycles. The first-order valence-electron chi connectivity index (χ1n) is 9.14. The number of carbonyl (C=O) groups is 1. The molecule has 0 aliphatic carbocycles. The number of rotatable bonds is 9. The maximum atomic E-state index is 12.3. The van der Waals surface area contributed by atoms with E-state index in [1.54, 1.807) is 57.7 Å². The summed E-state index contributed by atoms with van der Waals surface area (Å²) in [5, 5.41) is 6.79. The number of aryl methyl sites for hydroxylation is 1. The topological polar surface area (TPSA) is 105 Å². The van der Waals surface area contributed by atoms with Gasteiger partial charge in [-0.05, 0) is 30.3 Å². The number of anilines is 1. The molecule has 0 spiro atoms. The monoisotopic (exact) mass is 413 g/mol. The van der Waals surface area contributed by atoms with Crippen molar-refractivity contribution in [3.05, 3.63) is 42.3 Å². The second-order valence-electron chi connectivity index (χ2n) is 6.20. The first-order valence-corrected chi connectivity index (χ1v) is 9.14. The summed E-state index contributed by atoms with van der Waals surface area (Å²) >= 11 is 0. The van der Waals surface area contributed by atoms with E-state index >= 15 is 0 Å². The molecule has 1 amide bonds. The van der Waals surface area contributed by atoms with Crippen molar-refractivity contribution in [1.82, 2.24) is 10.1 Å². The van der Waals surface area contributed by atoms with Gasteiger partial charge in [0.25, 0.3) is 0 Å². The average Bonchev–Trinajstić information content (AvgIpc) is 3.26. The molecule has 0 fully saturated rings. The Balaban J connectivity index is 1.61. The van der Waals surface area contributed by atoms with Gasteiger partial charge in [0.1, 0.15) is 0 Å². The van der Waals surface area contributed by atoms with Crippen LogP contribution in [0.15, 0.2) is 40.9 Å². The van der Waals surface area contributed by atoms with Crippen LogP contribution in [0, 0.1) is 0 Å². The van der Waals surface area contributed by atoms with E-state index in [9.17, 15) is 4.79 Å². The van der Waals surface area contributed by atoms with Gasteiger partial charge in [-0.3, -0.25) is 4.79 Å². The van der Waals surface area contributed by atoms with E-state index in [4.69, 9.17) is 23.5 Å². The van der Waals surface area contributed by atoms with Crippen molar-refractivity contribution >= 4 is 11.6 Å². The fourth-order valence-corrected chi connectivity index (χ4v) is 2.81. The molecule has 0 bridgehead atoms. The normalized spacial score (nSPS) is 10.4. The summed E-state index contributed by atoms with van der Waals surface area (Å²) < 4.78 is 26.2. The number of ether oxygens (including phenoxy) is 4. The zero-order chi connectivity index (χ0) is 21.5. The lowest BCUT2D eigenvalue weighted by Gasteiger charge is -2.10. The van der Waals surface area contributed by atoms with E-state index in [-0.39, 0.29) is 12.3 Å². The molecule has 3 rings (SSSR count). The Kier molecular flexibility index (Phi) is 6.74. The summed E-state index contributed by atoms with van der Waals surface area (Å²) in [5.74, 6) is 2.88. The predicted octanol–water partition coefficient (Wildman–Crippen LogP) is 3.34. The number of amides is 1. The summed E-state index contributed by atoms with van der Waals surface area (Å²) in [4.78, 5) is 16.6. The van der Waals surface area contributed by atoms with Gasteiger partial charge in [-0.25, -0.2) is 0 Å². The Morgan fingerprint density at radius 2 is 1.53 bits per heavy atom. The second-order valence-corrected chi connectivity index (χ2v) is 6.20. The minimum atomic E-state index is -0.187. The average molecular weight is 413 g/mol. The van der Waals surface area contributed by atoms with Crippen LogP contribution in [0.3, 0.4) is 0 Å². The summed E-state index contributed by atoms with van der Waals surface area (Å²) in [6, 6.07) is 10.5. The highest BCUT2D eigenvalue weighted by Gasteiger charge is 2.14. The van der Waals surface area contributed by atoms with Crippen molar-refractivity contribution in [3.8, 4) is 34.4 Å². The van der Waals surface area contributed by atoms with E-state index in [1.807, 2.05) is 0 Å². The second kappa shape index (κ2) is 9.64. The van der Waals surface area contributed by atoms with Gasteiger partial charge in [0.15, 0.2) is 23.0 Å². The summed E-state index contributed by atoms with van der Waals surface area (Å²) in [6.07, 6.45) is 0.487. The molecule has 0 atom stereocenters. The van der Waals surface area contributed by atoms with Crippen molar-refractivity contribution in [3.63, 3.8) is 0 Å². The lowest BCUT2D eigenvalue weighted by atomic mass is 10.2. The standard InChI is InChI=1S/C21H23N3O6/c1-26-15-7-5-13(11-17(15)28-3)21-23-20(30-24-21)10-9-19(25)22-14-6-8-16(27-2)18(12-14)29-4/h5-8,11-12H,9-10H2,1-4H3,(H,22,25). The van der Waals surface area contributed by atoms with E-state index in [1.165, 1.54) is 7.11 Å². The van der Waals surface area contributed by atoms with Gasteiger partial charge >= 0.3 is 0 Å². The third-order valence-electron chi connectivity index (χ3n) is 4.34. The molecule has 158 valence electrons. The Morgan fingerprint density at radius 3 is 2.20 bits per heavy atom. The van der Waals surface area contributed by atoms with Crippen molar-refractivity contribution in [2.45, 2.75) is 12.8 Å². The van der Waals surface area contributed by atoms with Crippen LogP contribution >= 0.6 is 0 Å². The van der Waals surface area contributed by atoms with Gasteiger partial charge in [0.05, 0.1) is 28.4 Å². The summed E-state index contributed by atoms with van der Waals surface area (Å²) in [7, 11) is 6.21. The van der Waals surface area contributed by atoms with Crippen molar-refractivity contribution < 1.29 is 28.3 Å². The number of benzene rings is 2. The molecule has 3 aromatic rings. The first kappa shape index (κ1) is 21.0. The highest BCUT2D eigenvalue weighted by molar-refractivity contribution is 5.91. The number of aromatic nitrogens is 2. The maximum absolute atomic E-state index is 12.3. The highest BCUT2D eigenvalue weighted by atomic mass is 16.5. The third-order valence-corrected chi connectivity index (χ3v) is 4.34. The molecular weight excluding hydrogens is 390 g/mol. The lowest BCUT2D eigenvalue weighted by Crippen LogP contribution is -2.12. The number of hydrogen-bond donors (Lipinski definition) is 1. The van der Waals surface area contributed by atoms with E-state index in [0.717, 1.165) is 5.56 Å². The largest absolute Gasteiger partial charge is 0.493 e. The molecule has 30 heavy (non-hydrogen) atoms. The molecule has 9 heteroatoms. The number of carbonyl (C=O) groups excluding carboxylic acids is 1. The van der Waals surface area contributed by atoms with Crippen LogP contribution in [0.2, 0.25) is 0 Å². The number of methoxy groups -OCH3 is 4. The SMILES string of the molecule is COc1ccc(NC(=O)CCc2nc(-c3ccc(OC)c(OC)c3)no2)cc1OC. The predicted molar refractivity (Wildman–Crippen MR) is 109 cm³/mol. The van der Waals surface area contributed by atoms with Gasteiger partial charge in [0.2, 0.25) is 17.6 Å². The minimum Gasteiger partial charge on any atom is -0.493 e. The Labute approximate surface area is 173 Å². The van der Waals surface area contributed by atoms with Gasteiger partial charge in [0, 0.05) is 30.2 Å². The quantitative estimate of drug-likeness (QED) is 0.569. The molecule has 0 unspecified atom stereocenters. The Morgan fingerprint density at radius 1 is 0.900 bits per heavy atom. The molecule has 1 heterocycles. The van der Waals surface area contributed by atoms with E-state index in [0.29, 0.717) is 46.8 Å². The van der Waals surface area contributed by atoms with Gasteiger partial charge < -0.3 is 28.8 Å². The van der Waals surface area contributed by atoms with Crippen LogP contribution < -0.4 is 24.3 Å². The van der Waals surface area contributed by atoms with Crippen molar-refractivity contribution in [1.29, 1.82) is 0 Å². The van der Waals surface area contributed by atoms with Gasteiger partial charge in [-0.1, -0.05) is 5.16 Å². The summed E-state index contributed by atoms with van der Waals surface area (Å²) in [5.41, 5.74) is 1.33. The number of hydrogen-bond acceptors (Lipinski definition) is 8. The molecule has 1 aromatic heterocycles. The molecule has 0 aliphatic rings. The fraction of sp³-hybridized carbons (Fsp3) is 0.286. The Bertz CT molecular complexity index is 1020. The summed E-state index contributed by atoms with van der Waals surface area (Å²) in [6.45, 7) is 0. The fourth-order valence-electron chi connectivity index (χ4n) is 2.81. The van der Waals surface area contributed by atoms with E-state index < -0.39 is 0 Å². The molecule has 1 N–H and O–H groups in total. The van der Waals surface area contributed by atoms with Crippen LogP contribution in [0.25, 0.3) is 11.4 Å². The number of nitrogens with zero attached hydrogens (tertiary/aromatic N) is 2. The molecule has 0 radical (unpaired) electrons. The zero-order valence-electron chi connectivity index (χ0n) is 17.2. The molecular formula is C21H23N3O6. The Hall–Kier alpha value is -3.75. The lowest BCUT2D eigenvalue weighted by molar-refractivity contribution is -0.116. The minimum absolute atomic E-state index is 0.182. The van der Waals surface area contributed by atoms with Gasteiger partial charge in [-0.2, -0.15) is 4.98 Å².